The molecule has 0 aromatic rings. The van der Waals surface area contributed by atoms with Gasteiger partial charge in [0, 0.05) is 0 Å². The van der Waals surface area contributed by atoms with Gasteiger partial charge >= 0.3 is 0 Å². The lowest BCUT2D eigenvalue weighted by atomic mass is 10.1. The van der Waals surface area contributed by atoms with Crippen LogP contribution in [0.25, 0.3) is 0 Å². The fraction of sp³-hybridized carbons (Fsp3) is 1.00. The Morgan fingerprint density at radius 1 is 0.571 bits per heavy atom. The smallest absolute Gasteiger partial charge is 0.00773 e. The second-order valence-electron chi connectivity index (χ2n) is 6.02. The molecule has 0 aromatic carbocycles. The number of hydrogen-bond acceptors (Lipinski definition) is 2. The van der Waals surface area contributed by atoms with E-state index < -0.39 is 0 Å². The van der Waals surface area contributed by atoms with Gasteiger partial charge in [0.2, 0.25) is 0 Å². The highest BCUT2D eigenvalue weighted by molar-refractivity contribution is 5.85. The molecule has 0 atom stereocenters. The zero-order valence-corrected chi connectivity index (χ0v) is 16.7. The van der Waals surface area contributed by atoms with Crippen LogP contribution in [0.15, 0.2) is 0 Å². The molecule has 0 fully saturated rings. The number of halogens is 2. The minimum Gasteiger partial charge on any atom is -0.330 e. The predicted molar refractivity (Wildman–Crippen MR) is 104 cm³/mol. The van der Waals surface area contributed by atoms with Gasteiger partial charge in [-0.1, -0.05) is 77.6 Å². The van der Waals surface area contributed by atoms with Crippen molar-refractivity contribution in [3.8, 4) is 0 Å². The Kier molecular flexibility index (Phi) is 40.2. The second kappa shape index (κ2) is 28.6. The fourth-order valence-corrected chi connectivity index (χ4v) is 1.99. The van der Waals surface area contributed by atoms with Gasteiger partial charge in [0.25, 0.3) is 0 Å². The average Bonchev–Trinajstić information content (AvgIpc) is 2.35. The molecule has 0 rings (SSSR count). The maximum atomic E-state index is 5.45. The van der Waals surface area contributed by atoms with Gasteiger partial charge in [-0.15, -0.1) is 24.8 Å². The Bertz CT molecular complexity index is 130. The third-order valence-corrected chi connectivity index (χ3v) is 3.06. The first-order valence-electron chi connectivity index (χ1n) is 8.46. The molecule has 4 heteroatoms. The number of hydrogen-bond donors (Lipinski definition) is 1. The van der Waals surface area contributed by atoms with Crippen molar-refractivity contribution in [1.82, 2.24) is 4.90 Å². The Morgan fingerprint density at radius 3 is 1.05 bits per heavy atom. The van der Waals surface area contributed by atoms with Crippen molar-refractivity contribution in [2.45, 2.75) is 84.0 Å². The normalized spacial score (nSPS) is 9.43. The summed E-state index contributed by atoms with van der Waals surface area (Å²) in [5.41, 5.74) is 5.45. The van der Waals surface area contributed by atoms with E-state index in [-0.39, 0.29) is 24.8 Å². The highest BCUT2D eigenvalue weighted by Crippen LogP contribution is 2.11. The highest BCUT2D eigenvalue weighted by atomic mass is 35.5. The molecule has 0 aliphatic heterocycles. The van der Waals surface area contributed by atoms with E-state index in [2.05, 4.69) is 6.92 Å². The van der Waals surface area contributed by atoms with Gasteiger partial charge in [-0.05, 0) is 34.1 Å². The summed E-state index contributed by atoms with van der Waals surface area (Å²) in [6.45, 7) is 3.15. The summed E-state index contributed by atoms with van der Waals surface area (Å²) in [4.78, 5) is 2.00. The van der Waals surface area contributed by atoms with Crippen LogP contribution in [-0.2, 0) is 0 Å². The van der Waals surface area contributed by atoms with Gasteiger partial charge < -0.3 is 10.6 Å². The molecule has 0 saturated heterocycles. The molecular formula is C17H42Cl2N2. The molecule has 0 aliphatic carbocycles. The summed E-state index contributed by atoms with van der Waals surface area (Å²) in [7, 11) is 6.00. The molecule has 0 amide bonds. The molecule has 0 saturated carbocycles. The molecule has 21 heavy (non-hydrogen) atoms. The quantitative estimate of drug-likeness (QED) is 0.462. The van der Waals surface area contributed by atoms with E-state index in [1.807, 2.05) is 26.0 Å². The maximum Gasteiger partial charge on any atom is -0.00773 e. The summed E-state index contributed by atoms with van der Waals surface area (Å²) in [5, 5.41) is 0. The van der Waals surface area contributed by atoms with Crippen molar-refractivity contribution in [2.75, 3.05) is 27.7 Å². The second-order valence-corrected chi connectivity index (χ2v) is 6.02. The van der Waals surface area contributed by atoms with E-state index in [9.17, 15) is 0 Å². The number of nitrogens with zero attached hydrogens (tertiary/aromatic N) is 1. The van der Waals surface area contributed by atoms with Gasteiger partial charge in [0.15, 0.2) is 0 Å². The summed E-state index contributed by atoms with van der Waals surface area (Å²) in [6.07, 6.45) is 16.9. The van der Waals surface area contributed by atoms with Crippen LogP contribution < -0.4 is 5.73 Å². The Labute approximate surface area is 147 Å². The molecule has 0 aliphatic rings. The van der Waals surface area contributed by atoms with Crippen LogP contribution in [0.1, 0.15) is 84.0 Å². The molecule has 0 radical (unpaired) electrons. The first kappa shape index (κ1) is 29.5. The van der Waals surface area contributed by atoms with E-state index in [0.29, 0.717) is 0 Å². The summed E-state index contributed by atoms with van der Waals surface area (Å²) >= 11 is 0. The zero-order chi connectivity index (χ0) is 14.8. The molecule has 2 nitrogen and oxygen atoms in total. The van der Waals surface area contributed by atoms with E-state index in [4.69, 9.17) is 5.73 Å². The summed E-state index contributed by atoms with van der Waals surface area (Å²) < 4.78 is 0. The van der Waals surface area contributed by atoms with Crippen molar-refractivity contribution in [2.24, 2.45) is 5.73 Å². The molecular weight excluding hydrogens is 303 g/mol. The van der Waals surface area contributed by atoms with Crippen molar-refractivity contribution in [3.63, 3.8) is 0 Å². The third kappa shape index (κ3) is 44.9. The van der Waals surface area contributed by atoms with E-state index in [0.717, 1.165) is 6.54 Å². The molecule has 0 spiro atoms. The van der Waals surface area contributed by atoms with Gasteiger partial charge in [-0.3, -0.25) is 0 Å². The predicted octanol–water partition coefficient (Wildman–Crippen LogP) is 5.67. The SMILES string of the molecule is CCCCCCCCCCCCCCN.CN(C)C.Cl.Cl. The molecule has 0 bridgehead atoms. The average molecular weight is 345 g/mol. The lowest BCUT2D eigenvalue weighted by Gasteiger charge is -2.01. The van der Waals surface area contributed by atoms with Crippen molar-refractivity contribution in [1.29, 1.82) is 0 Å². The topological polar surface area (TPSA) is 29.3 Å². The monoisotopic (exact) mass is 344 g/mol. The van der Waals surface area contributed by atoms with Gasteiger partial charge in [-0.2, -0.15) is 0 Å². The lowest BCUT2D eigenvalue weighted by Crippen LogP contribution is -1.99. The minimum absolute atomic E-state index is 0. The van der Waals surface area contributed by atoms with Crippen LogP contribution in [0.3, 0.4) is 0 Å². The highest BCUT2D eigenvalue weighted by Gasteiger charge is 1.92. The molecule has 0 unspecified atom stereocenters. The van der Waals surface area contributed by atoms with Crippen LogP contribution in [0.5, 0.6) is 0 Å². The fourth-order valence-electron chi connectivity index (χ4n) is 1.99. The van der Waals surface area contributed by atoms with E-state index in [1.54, 1.807) is 0 Å². The van der Waals surface area contributed by atoms with Crippen LogP contribution in [-0.4, -0.2) is 32.6 Å². The molecule has 0 aromatic heterocycles. The largest absolute Gasteiger partial charge is 0.330 e. The van der Waals surface area contributed by atoms with Gasteiger partial charge in [-0.25, -0.2) is 0 Å². The number of nitrogens with two attached hydrogens (primary N) is 1. The first-order chi connectivity index (χ1) is 9.15. The summed E-state index contributed by atoms with van der Waals surface area (Å²) in [5.74, 6) is 0. The van der Waals surface area contributed by atoms with Crippen LogP contribution in [0.4, 0.5) is 0 Å². The standard InChI is InChI=1S/C14H31N.C3H9N.2ClH/c1-2-3-4-5-6-7-8-9-10-11-12-13-14-15;1-4(2)3;;/h2-15H2,1H3;1-3H3;2*1H. The van der Waals surface area contributed by atoms with E-state index in [1.165, 1.54) is 77.0 Å². The Balaban J connectivity index is -0.000000213. The number of rotatable bonds is 12. The van der Waals surface area contributed by atoms with E-state index >= 15 is 0 Å². The third-order valence-electron chi connectivity index (χ3n) is 3.06. The first-order valence-corrected chi connectivity index (χ1v) is 8.46. The minimum atomic E-state index is 0. The van der Waals surface area contributed by atoms with Crippen LogP contribution in [0, 0.1) is 0 Å². The maximum absolute atomic E-state index is 5.45. The Hall–Kier alpha value is 0.500. The molecule has 0 heterocycles. The van der Waals surface area contributed by atoms with Gasteiger partial charge in [0.1, 0.15) is 0 Å². The van der Waals surface area contributed by atoms with Gasteiger partial charge in [0.05, 0.1) is 0 Å². The van der Waals surface area contributed by atoms with Crippen LogP contribution >= 0.6 is 24.8 Å². The van der Waals surface area contributed by atoms with Crippen LogP contribution in [0.2, 0.25) is 0 Å². The van der Waals surface area contributed by atoms with Crippen molar-refractivity contribution in [3.05, 3.63) is 0 Å². The van der Waals surface area contributed by atoms with Crippen molar-refractivity contribution >= 4 is 24.8 Å². The summed E-state index contributed by atoms with van der Waals surface area (Å²) in [6, 6.07) is 0. The molecule has 2 N–H and O–H groups in total. The lowest BCUT2D eigenvalue weighted by molar-refractivity contribution is 0.505. The van der Waals surface area contributed by atoms with Crippen molar-refractivity contribution < 1.29 is 0 Å². The number of unbranched alkanes of at least 4 members (excludes halogenated alkanes) is 11. The molecule has 134 valence electrons. The Morgan fingerprint density at radius 2 is 0.810 bits per heavy atom. The zero-order valence-electron chi connectivity index (χ0n) is 15.0.